The highest BCUT2D eigenvalue weighted by Crippen LogP contribution is 2.42. The van der Waals surface area contributed by atoms with Crippen LogP contribution in [0.3, 0.4) is 0 Å². The second kappa shape index (κ2) is 16.8. The van der Waals surface area contributed by atoms with Crippen molar-refractivity contribution in [3.05, 3.63) is 70.3 Å². The number of fused-ring (bicyclic) bond motifs is 3. The first-order chi connectivity index (χ1) is 24.5. The number of carbonyl (C=O) groups is 2. The summed E-state index contributed by atoms with van der Waals surface area (Å²) in [5.41, 5.74) is 2.94. The second-order valence-corrected chi connectivity index (χ2v) is 17.3. The number of methoxy groups -OCH3 is 1. The summed E-state index contributed by atoms with van der Waals surface area (Å²) in [6, 6.07) is 11.4. The third-order valence-corrected chi connectivity index (χ3v) is 13.0. The van der Waals surface area contributed by atoms with Crippen LogP contribution in [0.4, 0.5) is 5.69 Å². The molecule has 2 fully saturated rings. The molecule has 2 amide bonds. The molecule has 0 aromatic heterocycles. The Morgan fingerprint density at radius 3 is 2.71 bits per heavy atom. The molecule has 278 valence electrons. The van der Waals surface area contributed by atoms with Crippen LogP contribution in [0.2, 0.25) is 5.02 Å². The van der Waals surface area contributed by atoms with E-state index in [1.807, 2.05) is 32.0 Å². The van der Waals surface area contributed by atoms with E-state index in [9.17, 15) is 13.8 Å². The van der Waals surface area contributed by atoms with Gasteiger partial charge in [0.1, 0.15) is 22.3 Å². The number of nitrogens with one attached hydrogen (secondary N) is 1. The van der Waals surface area contributed by atoms with Crippen LogP contribution in [0, 0.1) is 17.8 Å². The van der Waals surface area contributed by atoms with Gasteiger partial charge in [0, 0.05) is 44.0 Å². The predicted octanol–water partition coefficient (Wildman–Crippen LogP) is 6.92. The van der Waals surface area contributed by atoms with Crippen LogP contribution in [0.25, 0.3) is 0 Å². The number of halogens is 1. The Morgan fingerprint density at radius 2 is 1.94 bits per heavy atom. The molecular formula is C39H52ClN3O7S. The molecule has 51 heavy (non-hydrogen) atoms. The number of aryl methyl sites for hydroxylation is 1. The SMILES string of the molecule is CO[C@H]1/C=C/C[C@H](C)C[S@@](=O)(NC(=O)COC2(C)CCOCC2)=NC(=O)c2ccc3c(c2)N(Cc2ccc(Cl)cc2CCCCO3)C[C@@H]2CC[C@H]21. The van der Waals surface area contributed by atoms with Gasteiger partial charge in [0.2, 0.25) is 0 Å². The van der Waals surface area contributed by atoms with Crippen LogP contribution in [0.15, 0.2) is 52.9 Å². The molecule has 2 aromatic rings. The van der Waals surface area contributed by atoms with Gasteiger partial charge < -0.3 is 23.8 Å². The minimum atomic E-state index is -3.52. The van der Waals surface area contributed by atoms with Crippen molar-refractivity contribution in [2.24, 2.45) is 22.1 Å². The van der Waals surface area contributed by atoms with E-state index in [4.69, 9.17) is 30.5 Å². The molecule has 5 atom stereocenters. The summed E-state index contributed by atoms with van der Waals surface area (Å²) in [6.07, 6.45) is 10.9. The quantitative estimate of drug-likeness (QED) is 0.329. The van der Waals surface area contributed by atoms with Crippen molar-refractivity contribution in [1.82, 2.24) is 4.72 Å². The molecule has 0 unspecified atom stereocenters. The number of hydrogen-bond donors (Lipinski definition) is 1. The number of carbonyl (C=O) groups excluding carboxylic acids is 2. The Bertz CT molecular complexity index is 1720. The van der Waals surface area contributed by atoms with E-state index in [-0.39, 0.29) is 29.9 Å². The van der Waals surface area contributed by atoms with Gasteiger partial charge in [0.25, 0.3) is 11.8 Å². The molecule has 6 rings (SSSR count). The highest BCUT2D eigenvalue weighted by Gasteiger charge is 2.38. The minimum absolute atomic E-state index is 0.00313. The third-order valence-electron chi connectivity index (χ3n) is 10.8. The number of amides is 2. The zero-order valence-corrected chi connectivity index (χ0v) is 31.6. The highest BCUT2D eigenvalue weighted by atomic mass is 35.5. The van der Waals surface area contributed by atoms with Crippen LogP contribution in [0.5, 0.6) is 5.75 Å². The number of allylic oxidation sites excluding steroid dienone is 1. The normalized spacial score (nSPS) is 29.1. The van der Waals surface area contributed by atoms with Gasteiger partial charge in [-0.1, -0.05) is 36.7 Å². The molecule has 1 saturated heterocycles. The van der Waals surface area contributed by atoms with Crippen molar-refractivity contribution in [2.45, 2.75) is 83.5 Å². The number of benzene rings is 2. The average Bonchev–Trinajstić information content (AvgIpc) is 3.11. The molecule has 3 aliphatic heterocycles. The molecule has 1 N–H and O–H groups in total. The molecule has 0 radical (unpaired) electrons. The Labute approximate surface area is 307 Å². The van der Waals surface area contributed by atoms with Gasteiger partial charge in [-0.3, -0.25) is 14.3 Å². The molecule has 3 heterocycles. The first-order valence-electron chi connectivity index (χ1n) is 18.3. The molecule has 0 spiro atoms. The monoisotopic (exact) mass is 741 g/mol. The van der Waals surface area contributed by atoms with Crippen molar-refractivity contribution >= 4 is 39.0 Å². The maximum atomic E-state index is 14.5. The molecule has 2 bridgehead atoms. The fraction of sp³-hybridized carbons (Fsp3) is 0.590. The van der Waals surface area contributed by atoms with Crippen molar-refractivity contribution in [3.63, 3.8) is 0 Å². The molecule has 1 saturated carbocycles. The first kappa shape index (κ1) is 37.8. The van der Waals surface area contributed by atoms with Crippen molar-refractivity contribution in [1.29, 1.82) is 0 Å². The van der Waals surface area contributed by atoms with Gasteiger partial charge in [-0.15, -0.1) is 4.36 Å². The summed E-state index contributed by atoms with van der Waals surface area (Å²) in [5.74, 6) is 0.000248. The van der Waals surface area contributed by atoms with Crippen molar-refractivity contribution in [2.75, 3.05) is 50.7 Å². The molecule has 1 aliphatic carbocycles. The Kier molecular flexibility index (Phi) is 12.4. The van der Waals surface area contributed by atoms with Gasteiger partial charge in [-0.05, 0) is 118 Å². The summed E-state index contributed by atoms with van der Waals surface area (Å²) in [7, 11) is -1.77. The minimum Gasteiger partial charge on any atom is -0.491 e. The van der Waals surface area contributed by atoms with Crippen LogP contribution in [-0.4, -0.2) is 73.6 Å². The van der Waals surface area contributed by atoms with E-state index in [2.05, 4.69) is 38.3 Å². The maximum absolute atomic E-state index is 14.5. The summed E-state index contributed by atoms with van der Waals surface area (Å²) >= 11 is 6.47. The Balaban J connectivity index is 1.38. The standard InChI is InChI=1S/C39H52ClN3O7S/c1-27-7-6-9-35(47-3)33-14-11-31(33)24-43-23-30-10-13-32(40)21-28(30)8-4-5-18-49-36-15-12-29(22-34(36)43)38(45)42-51(46,26-27)41-37(44)25-50-39(2)16-19-48-20-17-39/h6,9-10,12-13,15,21-22,27,31,33,35H,4-5,7-8,11,14,16-20,23-26H2,1-3H3,(H,41,42,44,45,46)/b9-6+/t27-,31-,33+,35-,51+/m0/s1. The van der Waals surface area contributed by atoms with E-state index < -0.39 is 27.3 Å². The third kappa shape index (κ3) is 9.73. The maximum Gasteiger partial charge on any atom is 0.286 e. The fourth-order valence-electron chi connectivity index (χ4n) is 7.57. The zero-order chi connectivity index (χ0) is 36.0. The van der Waals surface area contributed by atoms with E-state index >= 15 is 0 Å². The first-order valence-corrected chi connectivity index (χ1v) is 20.4. The Hall–Kier alpha value is -2.96. The van der Waals surface area contributed by atoms with Crippen LogP contribution < -0.4 is 14.4 Å². The smallest absolute Gasteiger partial charge is 0.286 e. The molecule has 2 aromatic carbocycles. The van der Waals surface area contributed by atoms with Gasteiger partial charge in [-0.25, -0.2) is 4.21 Å². The van der Waals surface area contributed by atoms with Gasteiger partial charge >= 0.3 is 0 Å². The summed E-state index contributed by atoms with van der Waals surface area (Å²) < 4.78 is 45.2. The van der Waals surface area contributed by atoms with E-state index in [0.29, 0.717) is 68.2 Å². The summed E-state index contributed by atoms with van der Waals surface area (Å²) in [4.78, 5) is 29.5. The molecule has 4 aliphatic rings. The van der Waals surface area contributed by atoms with Crippen molar-refractivity contribution < 1.29 is 32.7 Å². The van der Waals surface area contributed by atoms with Crippen LogP contribution in [-0.2, 0) is 41.9 Å². The Morgan fingerprint density at radius 1 is 1.12 bits per heavy atom. The molecule has 10 nitrogen and oxygen atoms in total. The predicted molar refractivity (Wildman–Crippen MR) is 200 cm³/mol. The van der Waals surface area contributed by atoms with Gasteiger partial charge in [0.05, 0.1) is 29.8 Å². The molecular weight excluding hydrogens is 690 g/mol. The van der Waals surface area contributed by atoms with Gasteiger partial charge in [-0.2, -0.15) is 0 Å². The van der Waals surface area contributed by atoms with Gasteiger partial charge in [0.15, 0.2) is 0 Å². The molecule has 12 heteroatoms. The second-order valence-electron chi connectivity index (χ2n) is 14.8. The van der Waals surface area contributed by atoms with Crippen molar-refractivity contribution in [3.8, 4) is 5.75 Å². The number of hydrogen-bond acceptors (Lipinski definition) is 8. The van der Waals surface area contributed by atoms with E-state index in [0.717, 1.165) is 44.3 Å². The lowest BCUT2D eigenvalue weighted by atomic mass is 9.70. The summed E-state index contributed by atoms with van der Waals surface area (Å²) in [6.45, 7) is 6.58. The average molecular weight is 742 g/mol. The van der Waals surface area contributed by atoms with Crippen LogP contribution >= 0.6 is 11.6 Å². The number of anilines is 1. The zero-order valence-electron chi connectivity index (χ0n) is 30.1. The highest BCUT2D eigenvalue weighted by molar-refractivity contribution is 7.92. The van der Waals surface area contributed by atoms with Crippen LogP contribution in [0.1, 0.15) is 80.3 Å². The number of ether oxygens (including phenoxy) is 4. The lowest BCUT2D eigenvalue weighted by Gasteiger charge is -2.43. The lowest BCUT2D eigenvalue weighted by Crippen LogP contribution is -2.43. The van der Waals surface area contributed by atoms with E-state index in [1.54, 1.807) is 13.2 Å². The number of nitrogens with zero attached hydrogens (tertiary/aromatic N) is 2. The largest absolute Gasteiger partial charge is 0.491 e. The summed E-state index contributed by atoms with van der Waals surface area (Å²) in [5, 5.41) is 0.714. The number of rotatable bonds is 5. The fourth-order valence-corrected chi connectivity index (χ4v) is 9.66. The topological polar surface area (TPSA) is 116 Å². The van der Waals surface area contributed by atoms with E-state index in [1.165, 1.54) is 11.1 Å². The lowest BCUT2D eigenvalue weighted by molar-refractivity contribution is -0.138.